The molecule has 0 aliphatic carbocycles. The molecule has 0 saturated carbocycles. The molecular weight excluding hydrogens is 374 g/mol. The third-order valence-electron chi connectivity index (χ3n) is 3.79. The summed E-state index contributed by atoms with van der Waals surface area (Å²) in [6, 6.07) is 4.48. The van der Waals surface area contributed by atoms with Gasteiger partial charge in [0.05, 0.1) is 28.8 Å². The molecule has 0 atom stereocenters. The van der Waals surface area contributed by atoms with E-state index in [4.69, 9.17) is 21.1 Å². The minimum atomic E-state index is -3.58. The van der Waals surface area contributed by atoms with Gasteiger partial charge in [0.25, 0.3) is 0 Å². The highest BCUT2D eigenvalue weighted by Crippen LogP contribution is 2.29. The number of nitrogens with zero attached hydrogens (tertiary/aromatic N) is 3. The van der Waals surface area contributed by atoms with Crippen molar-refractivity contribution in [3.05, 3.63) is 29.4 Å². The van der Waals surface area contributed by atoms with Crippen molar-refractivity contribution in [2.45, 2.75) is 23.8 Å². The molecule has 0 spiro atoms. The number of ether oxygens (including phenoxy) is 2. The fourth-order valence-electron chi connectivity index (χ4n) is 2.53. The largest absolute Gasteiger partial charge is 0.495 e. The van der Waals surface area contributed by atoms with E-state index in [9.17, 15) is 8.42 Å². The number of piperidine rings is 1. The van der Waals surface area contributed by atoms with Gasteiger partial charge in [0.1, 0.15) is 18.1 Å². The van der Waals surface area contributed by atoms with Crippen molar-refractivity contribution < 1.29 is 17.9 Å². The van der Waals surface area contributed by atoms with Gasteiger partial charge in [0.15, 0.2) is 0 Å². The van der Waals surface area contributed by atoms with Gasteiger partial charge in [0, 0.05) is 13.1 Å². The number of halogens is 1. The Morgan fingerprint density at radius 1 is 1.33 bits per heavy atom. The highest BCUT2D eigenvalue weighted by Gasteiger charge is 2.30. The van der Waals surface area contributed by atoms with Gasteiger partial charge >= 0.3 is 0 Å². The Kier molecular flexibility index (Phi) is 5.24. The highest BCUT2D eigenvalue weighted by atomic mass is 35.5. The Bertz CT molecular complexity index is 790. The van der Waals surface area contributed by atoms with Gasteiger partial charge in [-0.25, -0.2) is 8.42 Å². The molecule has 2 heterocycles. The normalized spacial score (nSPS) is 16.9. The number of sulfonamides is 1. The molecule has 1 saturated heterocycles. The van der Waals surface area contributed by atoms with Crippen LogP contribution >= 0.6 is 23.3 Å². The van der Waals surface area contributed by atoms with Crippen LogP contribution in [0, 0.1) is 0 Å². The average molecular weight is 390 g/mol. The second kappa shape index (κ2) is 7.22. The van der Waals surface area contributed by atoms with Crippen molar-refractivity contribution in [1.82, 2.24) is 13.1 Å². The lowest BCUT2D eigenvalue weighted by molar-refractivity contribution is 0.131. The molecule has 10 heteroatoms. The second-order valence-corrected chi connectivity index (χ2v) is 8.17. The molecule has 7 nitrogen and oxygen atoms in total. The number of benzene rings is 1. The van der Waals surface area contributed by atoms with Crippen molar-refractivity contribution in [1.29, 1.82) is 0 Å². The maximum atomic E-state index is 12.7. The first-order valence-electron chi connectivity index (χ1n) is 7.28. The van der Waals surface area contributed by atoms with Gasteiger partial charge in [-0.1, -0.05) is 11.6 Å². The van der Waals surface area contributed by atoms with Crippen LogP contribution in [0.3, 0.4) is 0 Å². The van der Waals surface area contributed by atoms with E-state index in [0.29, 0.717) is 37.6 Å². The molecule has 1 aliphatic rings. The fourth-order valence-corrected chi connectivity index (χ4v) is 4.70. The monoisotopic (exact) mass is 389 g/mol. The van der Waals surface area contributed by atoms with Crippen LogP contribution in [0.4, 0.5) is 0 Å². The van der Waals surface area contributed by atoms with Crippen LogP contribution in [-0.2, 0) is 10.0 Å². The summed E-state index contributed by atoms with van der Waals surface area (Å²) >= 11 is 7.12. The van der Waals surface area contributed by atoms with E-state index in [-0.39, 0.29) is 16.0 Å². The number of methoxy groups -OCH3 is 1. The molecule has 24 heavy (non-hydrogen) atoms. The minimum absolute atomic E-state index is 0.0557. The molecule has 3 rings (SSSR count). The van der Waals surface area contributed by atoms with Gasteiger partial charge in [-0.15, -0.1) is 4.37 Å². The van der Waals surface area contributed by atoms with Gasteiger partial charge in [-0.05, 0) is 31.0 Å². The SMILES string of the molecule is COc1ccc(S(=O)(=O)N2CCC(Oc3cnsn3)CC2)cc1Cl. The zero-order valence-corrected chi connectivity index (χ0v) is 15.3. The van der Waals surface area contributed by atoms with Crippen LogP contribution in [0.1, 0.15) is 12.8 Å². The lowest BCUT2D eigenvalue weighted by Crippen LogP contribution is -2.41. The smallest absolute Gasteiger partial charge is 0.245 e. The summed E-state index contributed by atoms with van der Waals surface area (Å²) in [6.45, 7) is 0.766. The zero-order valence-electron chi connectivity index (χ0n) is 12.9. The molecule has 1 aromatic heterocycles. The van der Waals surface area contributed by atoms with Gasteiger partial charge in [0.2, 0.25) is 15.9 Å². The van der Waals surface area contributed by atoms with Crippen molar-refractivity contribution in [2.24, 2.45) is 0 Å². The Labute approximate surface area is 149 Å². The van der Waals surface area contributed by atoms with Gasteiger partial charge in [-0.3, -0.25) is 0 Å². The van der Waals surface area contributed by atoms with E-state index in [1.165, 1.54) is 23.5 Å². The Balaban J connectivity index is 1.67. The first-order valence-corrected chi connectivity index (χ1v) is 9.83. The van der Waals surface area contributed by atoms with Crippen LogP contribution in [0.2, 0.25) is 5.02 Å². The second-order valence-electron chi connectivity index (χ2n) is 5.26. The molecule has 0 N–H and O–H groups in total. The summed E-state index contributed by atoms with van der Waals surface area (Å²) in [5.41, 5.74) is 0. The maximum Gasteiger partial charge on any atom is 0.245 e. The van der Waals surface area contributed by atoms with Crippen LogP contribution in [0.25, 0.3) is 0 Å². The predicted molar refractivity (Wildman–Crippen MR) is 90.3 cm³/mol. The molecule has 0 bridgehead atoms. The molecule has 130 valence electrons. The highest BCUT2D eigenvalue weighted by molar-refractivity contribution is 7.89. The Morgan fingerprint density at radius 2 is 2.08 bits per heavy atom. The van der Waals surface area contributed by atoms with Crippen LogP contribution in [-0.4, -0.2) is 47.8 Å². The predicted octanol–water partition coefficient (Wildman–Crippen LogP) is 2.43. The van der Waals surface area contributed by atoms with Crippen molar-refractivity contribution >= 4 is 33.4 Å². The van der Waals surface area contributed by atoms with Crippen LogP contribution < -0.4 is 9.47 Å². The Hall–Kier alpha value is -1.42. The topological polar surface area (TPSA) is 81.6 Å². The van der Waals surface area contributed by atoms with Crippen LogP contribution in [0.5, 0.6) is 11.6 Å². The van der Waals surface area contributed by atoms with Crippen molar-refractivity contribution in [2.75, 3.05) is 20.2 Å². The van der Waals surface area contributed by atoms with E-state index < -0.39 is 10.0 Å². The molecular formula is C14H16ClN3O4S2. The third kappa shape index (κ3) is 3.64. The van der Waals surface area contributed by atoms with E-state index in [0.717, 1.165) is 11.7 Å². The van der Waals surface area contributed by atoms with Crippen molar-refractivity contribution in [3.63, 3.8) is 0 Å². The first-order chi connectivity index (χ1) is 11.5. The van der Waals surface area contributed by atoms with Gasteiger partial charge in [-0.2, -0.15) is 8.68 Å². The Morgan fingerprint density at radius 3 is 2.67 bits per heavy atom. The quantitative estimate of drug-likeness (QED) is 0.781. The molecule has 1 aromatic carbocycles. The summed E-state index contributed by atoms with van der Waals surface area (Å²) < 4.78 is 45.5. The lowest BCUT2D eigenvalue weighted by atomic mass is 10.1. The van der Waals surface area contributed by atoms with Gasteiger partial charge < -0.3 is 9.47 Å². The molecule has 2 aromatic rings. The molecule has 1 fully saturated rings. The van der Waals surface area contributed by atoms with E-state index in [2.05, 4.69) is 8.75 Å². The summed E-state index contributed by atoms with van der Waals surface area (Å²) in [5.74, 6) is 0.933. The molecule has 0 unspecified atom stereocenters. The summed E-state index contributed by atoms with van der Waals surface area (Å²) in [7, 11) is -2.10. The van der Waals surface area contributed by atoms with E-state index >= 15 is 0 Å². The zero-order chi connectivity index (χ0) is 17.2. The first kappa shape index (κ1) is 17.4. The number of hydrogen-bond acceptors (Lipinski definition) is 7. The lowest BCUT2D eigenvalue weighted by Gasteiger charge is -2.30. The standard InChI is InChI=1S/C14H16ClN3O4S2/c1-21-13-3-2-11(8-12(13)15)24(19,20)18-6-4-10(5-7-18)22-14-9-16-23-17-14/h2-3,8-10H,4-7H2,1H3. The summed E-state index contributed by atoms with van der Waals surface area (Å²) in [4.78, 5) is 0.163. The van der Waals surface area contributed by atoms with Crippen LogP contribution in [0.15, 0.2) is 29.3 Å². The summed E-state index contributed by atoms with van der Waals surface area (Å²) in [5, 5.41) is 0.271. The fraction of sp³-hybridized carbons (Fsp3) is 0.429. The van der Waals surface area contributed by atoms with Crippen molar-refractivity contribution in [3.8, 4) is 11.6 Å². The number of aromatic nitrogens is 2. The maximum absolute atomic E-state index is 12.7. The van der Waals surface area contributed by atoms with E-state index in [1.54, 1.807) is 12.3 Å². The molecule has 0 radical (unpaired) electrons. The van der Waals surface area contributed by atoms with E-state index in [1.807, 2.05) is 0 Å². The average Bonchev–Trinajstić information content (AvgIpc) is 3.08. The third-order valence-corrected chi connectivity index (χ3v) is 6.44. The number of rotatable bonds is 5. The molecule has 0 amide bonds. The summed E-state index contributed by atoms with van der Waals surface area (Å²) in [6.07, 6.45) is 2.70. The minimum Gasteiger partial charge on any atom is -0.495 e. The molecule has 1 aliphatic heterocycles. The number of hydrogen-bond donors (Lipinski definition) is 0.